The minimum absolute atomic E-state index is 0.138. The van der Waals surface area contributed by atoms with Gasteiger partial charge in [0.1, 0.15) is 12.4 Å². The van der Waals surface area contributed by atoms with Crippen LogP contribution in [-0.2, 0) is 11.3 Å². The second-order valence-electron chi connectivity index (χ2n) is 5.02. The van der Waals surface area contributed by atoms with E-state index in [2.05, 4.69) is 20.9 Å². The largest absolute Gasteiger partial charge is 0.492 e. The van der Waals surface area contributed by atoms with Gasteiger partial charge >= 0.3 is 6.03 Å². The highest BCUT2D eigenvalue weighted by atomic mass is 32.1. The summed E-state index contributed by atoms with van der Waals surface area (Å²) < 4.78 is 5.54. The highest BCUT2D eigenvalue weighted by molar-refractivity contribution is 7.09. The lowest BCUT2D eigenvalue weighted by molar-refractivity contribution is -0.114. The first-order valence-corrected chi connectivity index (χ1v) is 8.34. The summed E-state index contributed by atoms with van der Waals surface area (Å²) in [6.07, 6.45) is 0. The van der Waals surface area contributed by atoms with E-state index >= 15 is 0 Å². The number of anilines is 1. The fourth-order valence-electron chi connectivity index (χ4n) is 1.92. The second kappa shape index (κ2) is 8.88. The summed E-state index contributed by atoms with van der Waals surface area (Å²) in [7, 11) is 0. The summed E-state index contributed by atoms with van der Waals surface area (Å²) in [5.74, 6) is 0.488. The number of ether oxygens (including phenoxy) is 1. The average molecular weight is 348 g/mol. The van der Waals surface area contributed by atoms with Gasteiger partial charge in [-0.15, -0.1) is 11.3 Å². The zero-order valence-electron chi connectivity index (χ0n) is 13.6. The van der Waals surface area contributed by atoms with E-state index in [0.717, 1.165) is 10.7 Å². The van der Waals surface area contributed by atoms with Gasteiger partial charge in [-0.05, 0) is 19.1 Å². The molecule has 0 fully saturated rings. The number of urea groups is 1. The van der Waals surface area contributed by atoms with E-state index in [4.69, 9.17) is 4.74 Å². The summed E-state index contributed by atoms with van der Waals surface area (Å²) in [6.45, 7) is 4.46. The number of benzene rings is 1. The Bertz CT molecular complexity index is 702. The van der Waals surface area contributed by atoms with E-state index in [9.17, 15) is 9.59 Å². The van der Waals surface area contributed by atoms with Crippen LogP contribution >= 0.6 is 11.3 Å². The summed E-state index contributed by atoms with van der Waals surface area (Å²) in [4.78, 5) is 26.9. The molecule has 0 spiro atoms. The maximum absolute atomic E-state index is 11.7. The molecule has 0 radical (unpaired) electrons. The summed E-state index contributed by atoms with van der Waals surface area (Å²) >= 11 is 1.55. The third-order valence-corrected chi connectivity index (χ3v) is 3.73. The summed E-state index contributed by atoms with van der Waals surface area (Å²) in [5, 5.41) is 11.0. The third kappa shape index (κ3) is 6.25. The number of hydrogen-bond acceptors (Lipinski definition) is 5. The Kier molecular flexibility index (Phi) is 6.56. The predicted molar refractivity (Wildman–Crippen MR) is 93.3 cm³/mol. The SMILES string of the molecule is CC(=O)Nc1cccc(OCCNC(=O)NCc2csc(C)n2)c1. The molecule has 0 bridgehead atoms. The van der Waals surface area contributed by atoms with Crippen LogP contribution in [0.4, 0.5) is 10.5 Å². The van der Waals surface area contributed by atoms with Crippen LogP contribution in [0.15, 0.2) is 29.6 Å². The van der Waals surface area contributed by atoms with E-state index in [1.165, 1.54) is 6.92 Å². The van der Waals surface area contributed by atoms with Gasteiger partial charge in [-0.1, -0.05) is 6.07 Å². The molecule has 0 saturated heterocycles. The van der Waals surface area contributed by atoms with Gasteiger partial charge in [0.15, 0.2) is 0 Å². The van der Waals surface area contributed by atoms with Crippen molar-refractivity contribution in [3.8, 4) is 5.75 Å². The number of nitrogens with zero attached hydrogens (tertiary/aromatic N) is 1. The van der Waals surface area contributed by atoms with Gasteiger partial charge in [0.05, 0.1) is 23.8 Å². The van der Waals surface area contributed by atoms with Gasteiger partial charge in [0, 0.05) is 24.1 Å². The number of carbonyl (C=O) groups is 2. The van der Waals surface area contributed by atoms with Gasteiger partial charge in [0.25, 0.3) is 0 Å². The molecule has 0 aliphatic heterocycles. The predicted octanol–water partition coefficient (Wildman–Crippen LogP) is 2.29. The molecule has 7 nitrogen and oxygen atoms in total. The number of carbonyl (C=O) groups excluding carboxylic acids is 2. The number of amides is 3. The Morgan fingerprint density at radius 2 is 2.12 bits per heavy atom. The minimum Gasteiger partial charge on any atom is -0.492 e. The molecule has 3 N–H and O–H groups in total. The smallest absolute Gasteiger partial charge is 0.315 e. The van der Waals surface area contributed by atoms with Crippen LogP contribution in [0.1, 0.15) is 17.6 Å². The van der Waals surface area contributed by atoms with E-state index in [-0.39, 0.29) is 11.9 Å². The van der Waals surface area contributed by atoms with E-state index < -0.39 is 0 Å². The first-order chi connectivity index (χ1) is 11.5. The quantitative estimate of drug-likeness (QED) is 0.669. The number of thiazole rings is 1. The molecule has 0 aliphatic carbocycles. The Hall–Kier alpha value is -2.61. The van der Waals surface area contributed by atoms with Gasteiger partial charge < -0.3 is 20.7 Å². The summed E-state index contributed by atoms with van der Waals surface area (Å²) in [5.41, 5.74) is 1.52. The van der Waals surface area contributed by atoms with Crippen molar-refractivity contribution in [2.45, 2.75) is 20.4 Å². The Morgan fingerprint density at radius 3 is 2.83 bits per heavy atom. The molecule has 128 valence electrons. The van der Waals surface area contributed by atoms with Crippen LogP contribution in [0.3, 0.4) is 0 Å². The molecule has 2 rings (SSSR count). The number of aryl methyl sites for hydroxylation is 1. The Morgan fingerprint density at radius 1 is 1.29 bits per heavy atom. The maximum Gasteiger partial charge on any atom is 0.315 e. The molecule has 8 heteroatoms. The van der Waals surface area contributed by atoms with Crippen molar-refractivity contribution < 1.29 is 14.3 Å². The van der Waals surface area contributed by atoms with Crippen molar-refractivity contribution in [2.24, 2.45) is 0 Å². The Balaban J connectivity index is 1.65. The fraction of sp³-hybridized carbons (Fsp3) is 0.312. The lowest BCUT2D eigenvalue weighted by Gasteiger charge is -2.10. The minimum atomic E-state index is -0.267. The molecule has 1 aromatic carbocycles. The van der Waals surface area contributed by atoms with Crippen molar-refractivity contribution >= 4 is 29.0 Å². The summed E-state index contributed by atoms with van der Waals surface area (Å²) in [6, 6.07) is 6.81. The molecule has 3 amide bonds. The lowest BCUT2D eigenvalue weighted by atomic mass is 10.3. The molecule has 1 heterocycles. The van der Waals surface area contributed by atoms with Crippen molar-refractivity contribution in [2.75, 3.05) is 18.5 Å². The molecule has 0 atom stereocenters. The zero-order chi connectivity index (χ0) is 17.4. The molecule has 2 aromatic rings. The first kappa shape index (κ1) is 17.7. The fourth-order valence-corrected chi connectivity index (χ4v) is 2.54. The van der Waals surface area contributed by atoms with Gasteiger partial charge in [-0.2, -0.15) is 0 Å². The number of aromatic nitrogens is 1. The Labute approximate surface area is 144 Å². The van der Waals surface area contributed by atoms with Crippen molar-refractivity contribution in [1.82, 2.24) is 15.6 Å². The van der Waals surface area contributed by atoms with Gasteiger partial charge in [0.2, 0.25) is 5.91 Å². The highest BCUT2D eigenvalue weighted by Crippen LogP contribution is 2.17. The number of hydrogen-bond donors (Lipinski definition) is 3. The van der Waals surface area contributed by atoms with Gasteiger partial charge in [-0.25, -0.2) is 9.78 Å². The van der Waals surface area contributed by atoms with Crippen LogP contribution in [0.2, 0.25) is 0 Å². The molecule has 1 aromatic heterocycles. The first-order valence-electron chi connectivity index (χ1n) is 7.46. The van der Waals surface area contributed by atoms with E-state index in [1.54, 1.807) is 35.6 Å². The molecule has 0 aliphatic rings. The van der Waals surface area contributed by atoms with E-state index in [1.807, 2.05) is 12.3 Å². The average Bonchev–Trinajstić information content (AvgIpc) is 2.95. The topological polar surface area (TPSA) is 92.4 Å². The standard InChI is InChI=1S/C16H20N4O3S/c1-11(21)19-13-4-3-5-15(8-13)23-7-6-17-16(22)18-9-14-10-24-12(2)20-14/h3-5,8,10H,6-7,9H2,1-2H3,(H,19,21)(H2,17,18,22). The maximum atomic E-state index is 11.7. The molecular formula is C16H20N4O3S. The number of nitrogens with one attached hydrogen (secondary N) is 3. The molecule has 24 heavy (non-hydrogen) atoms. The van der Waals surface area contributed by atoms with Crippen LogP contribution in [-0.4, -0.2) is 30.1 Å². The molecule has 0 unspecified atom stereocenters. The van der Waals surface area contributed by atoms with E-state index in [0.29, 0.717) is 31.1 Å². The van der Waals surface area contributed by atoms with Gasteiger partial charge in [-0.3, -0.25) is 4.79 Å². The third-order valence-electron chi connectivity index (χ3n) is 2.91. The number of rotatable bonds is 7. The van der Waals surface area contributed by atoms with Crippen LogP contribution in [0.5, 0.6) is 5.75 Å². The lowest BCUT2D eigenvalue weighted by Crippen LogP contribution is -2.37. The monoisotopic (exact) mass is 348 g/mol. The molecular weight excluding hydrogens is 328 g/mol. The van der Waals surface area contributed by atoms with Crippen molar-refractivity contribution in [1.29, 1.82) is 0 Å². The van der Waals surface area contributed by atoms with Crippen LogP contribution < -0.4 is 20.7 Å². The highest BCUT2D eigenvalue weighted by Gasteiger charge is 2.03. The second-order valence-corrected chi connectivity index (χ2v) is 6.09. The van der Waals surface area contributed by atoms with Crippen molar-refractivity contribution in [3.05, 3.63) is 40.3 Å². The zero-order valence-corrected chi connectivity index (χ0v) is 14.4. The van der Waals surface area contributed by atoms with Crippen molar-refractivity contribution in [3.63, 3.8) is 0 Å². The normalized spacial score (nSPS) is 10.1. The molecule has 0 saturated carbocycles. The van der Waals surface area contributed by atoms with Crippen LogP contribution in [0, 0.1) is 6.92 Å². The van der Waals surface area contributed by atoms with Crippen LogP contribution in [0.25, 0.3) is 0 Å².